The van der Waals surface area contributed by atoms with E-state index in [1.54, 1.807) is 0 Å². The second kappa shape index (κ2) is 5.78. The summed E-state index contributed by atoms with van der Waals surface area (Å²) in [6.45, 7) is 2.70. The lowest BCUT2D eigenvalue weighted by atomic mass is 9.98. The van der Waals surface area contributed by atoms with E-state index in [1.165, 1.54) is 6.42 Å². The Kier molecular flexibility index (Phi) is 4.03. The molecule has 0 radical (unpaired) electrons. The number of nitrogens with one attached hydrogen (secondary N) is 1. The number of likely N-dealkylation sites (tertiary alicyclic amines) is 1. The smallest absolute Gasteiger partial charge is 0.270 e. The zero-order valence-electron chi connectivity index (χ0n) is 11.9. The minimum Gasteiger partial charge on any atom is -0.339 e. The average Bonchev–Trinajstić information content (AvgIpc) is 3.21. The van der Waals surface area contributed by atoms with E-state index in [0.717, 1.165) is 44.6 Å². The SMILES string of the molecule is CNCC1CCCN(C(=O)c2cc(Cl)cn2C2CC2)C1. The molecule has 2 fully saturated rings. The van der Waals surface area contributed by atoms with Crippen LogP contribution >= 0.6 is 11.6 Å². The number of nitrogens with zero attached hydrogens (tertiary/aromatic N) is 2. The van der Waals surface area contributed by atoms with E-state index in [2.05, 4.69) is 9.88 Å². The Balaban J connectivity index is 1.74. The van der Waals surface area contributed by atoms with Crippen LogP contribution in [0.3, 0.4) is 0 Å². The zero-order valence-corrected chi connectivity index (χ0v) is 12.7. The van der Waals surface area contributed by atoms with Crippen molar-refractivity contribution in [3.05, 3.63) is 23.0 Å². The Bertz CT molecular complexity index is 493. The molecule has 2 aliphatic rings. The summed E-state index contributed by atoms with van der Waals surface area (Å²) < 4.78 is 2.08. The molecule has 20 heavy (non-hydrogen) atoms. The Morgan fingerprint density at radius 1 is 1.45 bits per heavy atom. The highest BCUT2D eigenvalue weighted by Gasteiger charge is 2.31. The summed E-state index contributed by atoms with van der Waals surface area (Å²) in [6, 6.07) is 2.31. The summed E-state index contributed by atoms with van der Waals surface area (Å²) in [5, 5.41) is 3.89. The van der Waals surface area contributed by atoms with Crippen LogP contribution in [-0.4, -0.2) is 42.1 Å². The third kappa shape index (κ3) is 2.86. The first kappa shape index (κ1) is 14.0. The summed E-state index contributed by atoms with van der Waals surface area (Å²) >= 11 is 6.10. The van der Waals surface area contributed by atoms with Crippen LogP contribution in [0.1, 0.15) is 42.2 Å². The number of hydrogen-bond acceptors (Lipinski definition) is 2. The maximum atomic E-state index is 12.7. The maximum Gasteiger partial charge on any atom is 0.270 e. The van der Waals surface area contributed by atoms with E-state index in [0.29, 0.717) is 17.0 Å². The van der Waals surface area contributed by atoms with Crippen molar-refractivity contribution in [3.63, 3.8) is 0 Å². The first-order chi connectivity index (χ1) is 9.69. The molecule has 0 spiro atoms. The lowest BCUT2D eigenvalue weighted by Crippen LogP contribution is -2.43. The average molecular weight is 296 g/mol. The van der Waals surface area contributed by atoms with E-state index >= 15 is 0 Å². The summed E-state index contributed by atoms with van der Waals surface area (Å²) in [5.41, 5.74) is 0.766. The third-order valence-electron chi connectivity index (χ3n) is 4.27. The van der Waals surface area contributed by atoms with Gasteiger partial charge in [0.15, 0.2) is 0 Å². The summed E-state index contributed by atoms with van der Waals surface area (Å²) in [4.78, 5) is 14.7. The predicted molar refractivity (Wildman–Crippen MR) is 80.3 cm³/mol. The molecular formula is C15H22ClN3O. The number of piperidine rings is 1. The van der Waals surface area contributed by atoms with E-state index in [1.807, 2.05) is 24.2 Å². The third-order valence-corrected chi connectivity index (χ3v) is 4.48. The maximum absolute atomic E-state index is 12.7. The fourth-order valence-corrected chi connectivity index (χ4v) is 3.35. The Morgan fingerprint density at radius 2 is 2.25 bits per heavy atom. The molecule has 1 saturated carbocycles. The van der Waals surface area contributed by atoms with Crippen LogP contribution in [0.5, 0.6) is 0 Å². The quantitative estimate of drug-likeness (QED) is 0.927. The van der Waals surface area contributed by atoms with Crippen molar-refractivity contribution in [2.75, 3.05) is 26.7 Å². The molecule has 110 valence electrons. The molecule has 4 nitrogen and oxygen atoms in total. The largest absolute Gasteiger partial charge is 0.339 e. The first-order valence-corrected chi connectivity index (χ1v) is 7.88. The number of carbonyl (C=O) groups excluding carboxylic acids is 1. The highest BCUT2D eigenvalue weighted by atomic mass is 35.5. The molecule has 1 aliphatic heterocycles. The minimum absolute atomic E-state index is 0.143. The van der Waals surface area contributed by atoms with Gasteiger partial charge in [0.05, 0.1) is 5.02 Å². The van der Waals surface area contributed by atoms with Crippen LogP contribution in [-0.2, 0) is 0 Å². The Labute approximate surface area is 125 Å². The fourth-order valence-electron chi connectivity index (χ4n) is 3.14. The van der Waals surface area contributed by atoms with Gasteiger partial charge >= 0.3 is 0 Å². The minimum atomic E-state index is 0.143. The standard InChI is InChI=1S/C15H22ClN3O/c1-17-8-11-3-2-6-18(9-11)15(20)14-7-12(16)10-19(14)13-4-5-13/h7,10-11,13,17H,2-6,8-9H2,1H3. The number of carbonyl (C=O) groups is 1. The number of halogens is 1. The van der Waals surface area contributed by atoms with Gasteiger partial charge in [-0.15, -0.1) is 0 Å². The van der Waals surface area contributed by atoms with Crippen LogP contribution in [0.2, 0.25) is 5.02 Å². The van der Waals surface area contributed by atoms with Gasteiger partial charge in [0.2, 0.25) is 0 Å². The molecular weight excluding hydrogens is 274 g/mol. The predicted octanol–water partition coefficient (Wildman–Crippen LogP) is 2.55. The van der Waals surface area contributed by atoms with Crippen LogP contribution < -0.4 is 5.32 Å². The number of hydrogen-bond donors (Lipinski definition) is 1. The molecule has 1 aromatic heterocycles. The second-order valence-electron chi connectivity index (χ2n) is 6.00. The van der Waals surface area contributed by atoms with Gasteiger partial charge in [-0.1, -0.05) is 11.6 Å². The van der Waals surface area contributed by atoms with Gasteiger partial charge < -0.3 is 14.8 Å². The van der Waals surface area contributed by atoms with Crippen LogP contribution in [0.15, 0.2) is 12.3 Å². The van der Waals surface area contributed by atoms with Crippen LogP contribution in [0.4, 0.5) is 0 Å². The van der Waals surface area contributed by atoms with Crippen LogP contribution in [0, 0.1) is 5.92 Å². The van der Waals surface area contributed by atoms with Crippen molar-refractivity contribution in [3.8, 4) is 0 Å². The highest BCUT2D eigenvalue weighted by Crippen LogP contribution is 2.37. The lowest BCUT2D eigenvalue weighted by molar-refractivity contribution is 0.0663. The van der Waals surface area contributed by atoms with Gasteiger partial charge in [0.1, 0.15) is 5.69 Å². The topological polar surface area (TPSA) is 37.3 Å². The second-order valence-corrected chi connectivity index (χ2v) is 6.44. The highest BCUT2D eigenvalue weighted by molar-refractivity contribution is 6.31. The van der Waals surface area contributed by atoms with E-state index in [9.17, 15) is 4.79 Å². The molecule has 0 bridgehead atoms. The van der Waals surface area contributed by atoms with Crippen molar-refractivity contribution in [1.29, 1.82) is 0 Å². The van der Waals surface area contributed by atoms with Gasteiger partial charge in [-0.05, 0) is 51.3 Å². The Morgan fingerprint density at radius 3 is 2.95 bits per heavy atom. The van der Waals surface area contributed by atoms with Crippen molar-refractivity contribution in [1.82, 2.24) is 14.8 Å². The van der Waals surface area contributed by atoms with Crippen molar-refractivity contribution >= 4 is 17.5 Å². The molecule has 1 saturated heterocycles. The van der Waals surface area contributed by atoms with Gasteiger partial charge in [0, 0.05) is 25.3 Å². The van der Waals surface area contributed by atoms with Gasteiger partial charge in [-0.25, -0.2) is 0 Å². The van der Waals surface area contributed by atoms with E-state index in [-0.39, 0.29) is 5.91 Å². The number of amides is 1. The summed E-state index contributed by atoms with van der Waals surface area (Å²) in [6.07, 6.45) is 6.52. The molecule has 2 heterocycles. The molecule has 0 aromatic carbocycles. The molecule has 1 aliphatic carbocycles. The Hall–Kier alpha value is -1.00. The van der Waals surface area contributed by atoms with Crippen molar-refractivity contribution in [2.45, 2.75) is 31.7 Å². The van der Waals surface area contributed by atoms with Gasteiger partial charge in [0.25, 0.3) is 5.91 Å². The molecule has 5 heteroatoms. The normalized spacial score (nSPS) is 23.1. The van der Waals surface area contributed by atoms with Crippen LogP contribution in [0.25, 0.3) is 0 Å². The first-order valence-electron chi connectivity index (χ1n) is 7.50. The molecule has 1 aromatic rings. The van der Waals surface area contributed by atoms with Gasteiger partial charge in [-0.2, -0.15) is 0 Å². The number of aromatic nitrogens is 1. The molecule has 1 atom stereocenters. The van der Waals surface area contributed by atoms with E-state index < -0.39 is 0 Å². The van der Waals surface area contributed by atoms with E-state index in [4.69, 9.17) is 11.6 Å². The fraction of sp³-hybridized carbons (Fsp3) is 0.667. The molecule has 1 amide bonds. The van der Waals surface area contributed by atoms with Gasteiger partial charge in [-0.3, -0.25) is 4.79 Å². The monoisotopic (exact) mass is 295 g/mol. The molecule has 3 rings (SSSR count). The summed E-state index contributed by atoms with van der Waals surface area (Å²) in [7, 11) is 1.97. The lowest BCUT2D eigenvalue weighted by Gasteiger charge is -2.33. The molecule has 1 unspecified atom stereocenters. The summed E-state index contributed by atoms with van der Waals surface area (Å²) in [5.74, 6) is 0.710. The van der Waals surface area contributed by atoms with Crippen molar-refractivity contribution in [2.24, 2.45) is 5.92 Å². The zero-order chi connectivity index (χ0) is 14.1. The number of rotatable bonds is 4. The molecule has 1 N–H and O–H groups in total. The van der Waals surface area contributed by atoms with Crippen molar-refractivity contribution < 1.29 is 4.79 Å².